The third kappa shape index (κ3) is 6.10. The van der Waals surface area contributed by atoms with Crippen LogP contribution in [0.5, 0.6) is 0 Å². The summed E-state index contributed by atoms with van der Waals surface area (Å²) in [6.45, 7) is 1.21. The number of carbonyl (C=O) groups is 2. The molecule has 0 aromatic carbocycles. The van der Waals surface area contributed by atoms with Gasteiger partial charge in [-0.3, -0.25) is 0 Å². The van der Waals surface area contributed by atoms with Crippen LogP contribution >= 0.6 is 0 Å². The predicted molar refractivity (Wildman–Crippen MR) is 42.7 cm³/mol. The second-order valence-electron chi connectivity index (χ2n) is 2.08. The van der Waals surface area contributed by atoms with E-state index in [1.807, 2.05) is 0 Å². The molecular weight excluding hydrogens is 198 g/mol. The number of hydrogen-bond donors (Lipinski definition) is 0. The van der Waals surface area contributed by atoms with E-state index in [4.69, 9.17) is 0 Å². The lowest BCUT2D eigenvalue weighted by atomic mass is 10.5. The first-order valence-electron chi connectivity index (χ1n) is 3.86. The Morgan fingerprint density at radius 2 is 1.86 bits per heavy atom. The van der Waals surface area contributed by atoms with Crippen LogP contribution in [0.15, 0.2) is 12.2 Å². The van der Waals surface area contributed by atoms with E-state index in [2.05, 4.69) is 9.47 Å². The van der Waals surface area contributed by atoms with Gasteiger partial charge in [-0.25, -0.2) is 18.4 Å². The lowest BCUT2D eigenvalue weighted by Crippen LogP contribution is -2.20. The summed E-state index contributed by atoms with van der Waals surface area (Å²) in [5.74, 6) is -2.32. The minimum atomic E-state index is -2.60. The molecule has 0 aliphatic heterocycles. The van der Waals surface area contributed by atoms with Gasteiger partial charge in [0, 0.05) is 0 Å². The van der Waals surface area contributed by atoms with Crippen molar-refractivity contribution in [2.24, 2.45) is 0 Å². The van der Waals surface area contributed by atoms with Gasteiger partial charge in [-0.2, -0.15) is 0 Å². The van der Waals surface area contributed by atoms with E-state index in [9.17, 15) is 18.4 Å². The first kappa shape index (κ1) is 12.5. The highest BCUT2D eigenvalue weighted by Crippen LogP contribution is 1.93. The Hall–Kier alpha value is -1.46. The second kappa shape index (κ2) is 6.99. The van der Waals surface area contributed by atoms with Crippen LogP contribution in [-0.2, 0) is 19.1 Å². The molecule has 0 radical (unpaired) electrons. The highest BCUT2D eigenvalue weighted by molar-refractivity contribution is 6.29. The van der Waals surface area contributed by atoms with Gasteiger partial charge in [-0.1, -0.05) is 0 Å². The van der Waals surface area contributed by atoms with Gasteiger partial charge < -0.3 is 9.47 Å². The third-order valence-electron chi connectivity index (χ3n) is 1.03. The molecule has 0 heterocycles. The Kier molecular flexibility index (Phi) is 6.26. The fourth-order valence-corrected chi connectivity index (χ4v) is 0.531. The number of halogens is 2. The normalized spacial score (nSPS) is 10.6. The van der Waals surface area contributed by atoms with Crippen molar-refractivity contribution in [3.63, 3.8) is 0 Å². The number of esters is 2. The van der Waals surface area contributed by atoms with Crippen LogP contribution in [0, 0.1) is 0 Å². The largest absolute Gasteiger partial charge is 0.458 e. The summed E-state index contributed by atoms with van der Waals surface area (Å²) >= 11 is 0. The van der Waals surface area contributed by atoms with Crippen LogP contribution in [0.4, 0.5) is 8.78 Å². The van der Waals surface area contributed by atoms with E-state index in [1.54, 1.807) is 0 Å². The monoisotopic (exact) mass is 208 g/mol. The van der Waals surface area contributed by atoms with Crippen LogP contribution < -0.4 is 0 Å². The van der Waals surface area contributed by atoms with Gasteiger partial charge in [-0.05, 0) is 19.1 Å². The molecule has 0 atom stereocenters. The van der Waals surface area contributed by atoms with Crippen LogP contribution in [0.25, 0.3) is 0 Å². The molecule has 0 aliphatic rings. The molecule has 80 valence electrons. The Bertz CT molecular complexity index is 225. The molecule has 4 nitrogen and oxygen atoms in total. The summed E-state index contributed by atoms with van der Waals surface area (Å²) in [5, 5.41) is 0. The van der Waals surface area contributed by atoms with Crippen molar-refractivity contribution in [1.29, 1.82) is 0 Å². The molecule has 0 rings (SSSR count). The SMILES string of the molecule is CCOC(=O)C(=O)OC/C=C/C(F)F. The first-order chi connectivity index (χ1) is 6.57. The highest BCUT2D eigenvalue weighted by Gasteiger charge is 2.15. The maximum Gasteiger partial charge on any atom is 0.417 e. The molecule has 0 aromatic rings. The van der Waals surface area contributed by atoms with Crippen LogP contribution in [-0.4, -0.2) is 31.6 Å². The maximum absolute atomic E-state index is 11.5. The smallest absolute Gasteiger partial charge is 0.417 e. The molecule has 0 fully saturated rings. The van der Waals surface area contributed by atoms with E-state index in [0.29, 0.717) is 6.08 Å². The molecule has 0 unspecified atom stereocenters. The standard InChI is InChI=1S/C8H10F2O4/c1-2-13-7(11)8(12)14-5-3-4-6(9)10/h3-4,6H,2,5H2,1H3/b4-3+. The molecule has 6 heteroatoms. The van der Waals surface area contributed by atoms with Crippen molar-refractivity contribution >= 4 is 11.9 Å². The van der Waals surface area contributed by atoms with Crippen molar-refractivity contribution in [2.75, 3.05) is 13.2 Å². The average Bonchev–Trinajstić information content (AvgIpc) is 2.12. The Morgan fingerprint density at radius 1 is 1.29 bits per heavy atom. The molecule has 0 aromatic heterocycles. The summed E-state index contributed by atoms with van der Waals surface area (Å²) in [4.78, 5) is 21.3. The molecular formula is C8H10F2O4. The Morgan fingerprint density at radius 3 is 2.36 bits per heavy atom. The summed E-state index contributed by atoms with van der Waals surface area (Å²) in [6, 6.07) is 0. The van der Waals surface area contributed by atoms with Crippen LogP contribution in [0.2, 0.25) is 0 Å². The average molecular weight is 208 g/mol. The molecule has 0 bridgehead atoms. The number of alkyl halides is 2. The van der Waals surface area contributed by atoms with Crippen molar-refractivity contribution in [1.82, 2.24) is 0 Å². The topological polar surface area (TPSA) is 52.6 Å². The minimum absolute atomic E-state index is 0.0564. The van der Waals surface area contributed by atoms with Crippen molar-refractivity contribution in [3.05, 3.63) is 12.2 Å². The molecule has 0 amide bonds. The number of rotatable bonds is 4. The quantitative estimate of drug-likeness (QED) is 0.391. The number of allylic oxidation sites excluding steroid dienone is 1. The van der Waals surface area contributed by atoms with Crippen LogP contribution in [0.3, 0.4) is 0 Å². The summed E-state index contributed by atoms with van der Waals surface area (Å²) in [6.07, 6.45) is -1.10. The minimum Gasteiger partial charge on any atom is -0.458 e. The second-order valence-corrected chi connectivity index (χ2v) is 2.08. The zero-order chi connectivity index (χ0) is 11.0. The van der Waals surface area contributed by atoms with Crippen LogP contribution in [0.1, 0.15) is 6.92 Å². The molecule has 0 spiro atoms. The molecule has 0 saturated carbocycles. The van der Waals surface area contributed by atoms with Crippen molar-refractivity contribution < 1.29 is 27.8 Å². The molecule has 0 N–H and O–H groups in total. The highest BCUT2D eigenvalue weighted by atomic mass is 19.3. The van der Waals surface area contributed by atoms with Crippen molar-refractivity contribution in [3.8, 4) is 0 Å². The van der Waals surface area contributed by atoms with Gasteiger partial charge in [0.2, 0.25) is 0 Å². The summed E-state index contributed by atoms with van der Waals surface area (Å²) in [7, 11) is 0. The summed E-state index contributed by atoms with van der Waals surface area (Å²) < 4.78 is 31.6. The summed E-state index contributed by atoms with van der Waals surface area (Å²) in [5.41, 5.74) is 0. The van der Waals surface area contributed by atoms with E-state index in [1.165, 1.54) is 6.92 Å². The third-order valence-corrected chi connectivity index (χ3v) is 1.03. The van der Waals surface area contributed by atoms with E-state index in [0.717, 1.165) is 6.08 Å². The number of hydrogen-bond acceptors (Lipinski definition) is 4. The fourth-order valence-electron chi connectivity index (χ4n) is 0.531. The predicted octanol–water partition coefficient (Wildman–Crippen LogP) is 0.914. The van der Waals surface area contributed by atoms with Gasteiger partial charge in [-0.15, -0.1) is 0 Å². The van der Waals surface area contributed by atoms with E-state index >= 15 is 0 Å². The number of ether oxygens (including phenoxy) is 2. The maximum atomic E-state index is 11.5. The molecule has 0 saturated heterocycles. The Balaban J connectivity index is 3.69. The van der Waals surface area contributed by atoms with Crippen molar-refractivity contribution in [2.45, 2.75) is 13.3 Å². The van der Waals surface area contributed by atoms with Gasteiger partial charge in [0.1, 0.15) is 6.61 Å². The van der Waals surface area contributed by atoms with Gasteiger partial charge in [0.05, 0.1) is 6.61 Å². The fraction of sp³-hybridized carbons (Fsp3) is 0.500. The van der Waals surface area contributed by atoms with E-state index < -0.39 is 18.4 Å². The zero-order valence-electron chi connectivity index (χ0n) is 7.54. The Labute approximate surface area is 79.5 Å². The first-order valence-corrected chi connectivity index (χ1v) is 3.86. The van der Waals surface area contributed by atoms with Gasteiger partial charge in [0.25, 0.3) is 6.43 Å². The lowest BCUT2D eigenvalue weighted by Gasteiger charge is -2.00. The van der Waals surface area contributed by atoms with E-state index in [-0.39, 0.29) is 13.2 Å². The van der Waals surface area contributed by atoms with Gasteiger partial charge >= 0.3 is 11.9 Å². The molecule has 0 aliphatic carbocycles. The zero-order valence-corrected chi connectivity index (χ0v) is 7.54. The number of carbonyl (C=O) groups excluding carboxylic acids is 2. The lowest BCUT2D eigenvalue weighted by molar-refractivity contribution is -0.166. The van der Waals surface area contributed by atoms with Gasteiger partial charge in [0.15, 0.2) is 0 Å². The molecule has 14 heavy (non-hydrogen) atoms.